The van der Waals surface area contributed by atoms with Crippen LogP contribution in [-0.4, -0.2) is 9.97 Å². The fourth-order valence-corrected chi connectivity index (χ4v) is 2.60. The zero-order chi connectivity index (χ0) is 14.0. The van der Waals surface area contributed by atoms with E-state index in [1.807, 2.05) is 24.3 Å². The van der Waals surface area contributed by atoms with Crippen LogP contribution in [0.25, 0.3) is 0 Å². The van der Waals surface area contributed by atoms with Gasteiger partial charge in [0, 0.05) is 21.4 Å². The van der Waals surface area contributed by atoms with Crippen LogP contribution in [0, 0.1) is 0 Å². The molecule has 0 unspecified atom stereocenters. The third kappa shape index (κ3) is 4.10. The van der Waals surface area contributed by atoms with Crippen LogP contribution in [0.1, 0.15) is 26.6 Å². The molecule has 0 aliphatic carbocycles. The molecule has 1 heterocycles. The van der Waals surface area contributed by atoms with E-state index in [1.165, 1.54) is 0 Å². The molecule has 100 valence electrons. The second-order valence-electron chi connectivity index (χ2n) is 5.16. The molecule has 0 saturated carbocycles. The Morgan fingerprint density at radius 3 is 2.21 bits per heavy atom. The molecule has 2 aromatic rings. The molecule has 0 amide bonds. The Labute approximate surface area is 127 Å². The molecule has 0 atom stereocenters. The summed E-state index contributed by atoms with van der Waals surface area (Å²) in [6, 6.07) is 9.41. The first-order valence-electron chi connectivity index (χ1n) is 5.83. The maximum Gasteiger partial charge on any atom is 0.136 e. The summed E-state index contributed by atoms with van der Waals surface area (Å²) in [5.41, 5.74) is -0.125. The summed E-state index contributed by atoms with van der Waals surface area (Å²) in [6.07, 6.45) is 0. The third-order valence-corrected chi connectivity index (χ3v) is 3.75. The lowest BCUT2D eigenvalue weighted by molar-refractivity contribution is 0.538. The van der Waals surface area contributed by atoms with Crippen LogP contribution in [-0.2, 0) is 5.41 Å². The van der Waals surface area contributed by atoms with Crippen LogP contribution in [0.4, 0.5) is 0 Å². The number of nitrogens with zero attached hydrogens (tertiary/aromatic N) is 2. The van der Waals surface area contributed by atoms with Gasteiger partial charge in [-0.1, -0.05) is 55.7 Å². The molecular formula is C14H14Cl2N2S. The van der Waals surface area contributed by atoms with Gasteiger partial charge in [-0.2, -0.15) is 0 Å². The van der Waals surface area contributed by atoms with Crippen molar-refractivity contribution in [2.75, 3.05) is 0 Å². The molecule has 19 heavy (non-hydrogen) atoms. The van der Waals surface area contributed by atoms with Gasteiger partial charge < -0.3 is 0 Å². The molecule has 0 aliphatic heterocycles. The maximum atomic E-state index is 6.06. The number of aromatic nitrogens is 2. The van der Waals surface area contributed by atoms with Crippen molar-refractivity contribution in [3.05, 3.63) is 46.3 Å². The van der Waals surface area contributed by atoms with Crippen LogP contribution >= 0.6 is 35.0 Å². The standard InChI is InChI=1S/C14H14Cl2N2S/c1-14(2,3)13-17-11(16)8-12(18-13)19-10-6-4-9(15)5-7-10/h4-8H,1-3H3. The van der Waals surface area contributed by atoms with Crippen molar-refractivity contribution in [3.63, 3.8) is 0 Å². The molecular weight excluding hydrogens is 299 g/mol. The molecule has 2 nitrogen and oxygen atoms in total. The fourth-order valence-electron chi connectivity index (χ4n) is 1.41. The van der Waals surface area contributed by atoms with E-state index in [0.717, 1.165) is 20.8 Å². The molecule has 0 radical (unpaired) electrons. The third-order valence-electron chi connectivity index (χ3n) is 2.38. The van der Waals surface area contributed by atoms with Gasteiger partial charge in [0.25, 0.3) is 0 Å². The van der Waals surface area contributed by atoms with Gasteiger partial charge >= 0.3 is 0 Å². The molecule has 0 spiro atoms. The molecule has 0 fully saturated rings. The van der Waals surface area contributed by atoms with Crippen LogP contribution < -0.4 is 0 Å². The summed E-state index contributed by atoms with van der Waals surface area (Å²) in [5, 5.41) is 2.03. The topological polar surface area (TPSA) is 25.8 Å². The second-order valence-corrected chi connectivity index (χ2v) is 7.08. The summed E-state index contributed by atoms with van der Waals surface area (Å²) < 4.78 is 0. The van der Waals surface area contributed by atoms with E-state index in [1.54, 1.807) is 17.8 Å². The molecule has 0 aliphatic rings. The molecule has 1 aromatic heterocycles. The molecule has 1 aromatic carbocycles. The fraction of sp³-hybridized carbons (Fsp3) is 0.286. The van der Waals surface area contributed by atoms with Crippen molar-refractivity contribution in [3.8, 4) is 0 Å². The van der Waals surface area contributed by atoms with Gasteiger partial charge in [-0.3, -0.25) is 0 Å². The summed E-state index contributed by atoms with van der Waals surface area (Å²) in [7, 11) is 0. The summed E-state index contributed by atoms with van der Waals surface area (Å²) in [4.78, 5) is 9.91. The SMILES string of the molecule is CC(C)(C)c1nc(Cl)cc(Sc2ccc(Cl)cc2)n1. The summed E-state index contributed by atoms with van der Waals surface area (Å²) in [5.74, 6) is 0.747. The normalized spacial score (nSPS) is 11.6. The Morgan fingerprint density at radius 2 is 1.63 bits per heavy atom. The first-order valence-corrected chi connectivity index (χ1v) is 7.40. The van der Waals surface area contributed by atoms with E-state index < -0.39 is 0 Å². The maximum absolute atomic E-state index is 6.06. The first kappa shape index (κ1) is 14.6. The van der Waals surface area contributed by atoms with Crippen LogP contribution in [0.5, 0.6) is 0 Å². The molecule has 0 saturated heterocycles. The van der Waals surface area contributed by atoms with Crippen molar-refractivity contribution in [1.82, 2.24) is 9.97 Å². The minimum absolute atomic E-state index is 0.125. The van der Waals surface area contributed by atoms with E-state index in [-0.39, 0.29) is 5.41 Å². The highest BCUT2D eigenvalue weighted by Gasteiger charge is 2.19. The van der Waals surface area contributed by atoms with Crippen molar-refractivity contribution in [2.45, 2.75) is 36.1 Å². The van der Waals surface area contributed by atoms with E-state index in [0.29, 0.717) is 5.15 Å². The van der Waals surface area contributed by atoms with Crippen molar-refractivity contribution >= 4 is 35.0 Å². The van der Waals surface area contributed by atoms with E-state index in [9.17, 15) is 0 Å². The lowest BCUT2D eigenvalue weighted by Crippen LogP contribution is -2.16. The van der Waals surface area contributed by atoms with Crippen molar-refractivity contribution in [2.24, 2.45) is 0 Å². The summed E-state index contributed by atoms with van der Waals surface area (Å²) >= 11 is 13.5. The lowest BCUT2D eigenvalue weighted by Gasteiger charge is -2.17. The molecule has 5 heteroatoms. The number of hydrogen-bond acceptors (Lipinski definition) is 3. The largest absolute Gasteiger partial charge is 0.226 e. The number of rotatable bonds is 2. The van der Waals surface area contributed by atoms with Gasteiger partial charge in [-0.15, -0.1) is 0 Å². The number of halogens is 2. The Hall–Kier alpha value is -0.770. The van der Waals surface area contributed by atoms with Gasteiger partial charge in [-0.25, -0.2) is 9.97 Å². The van der Waals surface area contributed by atoms with Crippen LogP contribution in [0.15, 0.2) is 40.3 Å². The quantitative estimate of drug-likeness (QED) is 0.710. The van der Waals surface area contributed by atoms with Crippen molar-refractivity contribution < 1.29 is 0 Å². The highest BCUT2D eigenvalue weighted by molar-refractivity contribution is 7.99. The Balaban J connectivity index is 2.30. The van der Waals surface area contributed by atoms with E-state index in [2.05, 4.69) is 30.7 Å². The average Bonchev–Trinajstić information content (AvgIpc) is 2.30. The van der Waals surface area contributed by atoms with Gasteiger partial charge in [0.05, 0.1) is 0 Å². The Bertz CT molecular complexity index is 577. The van der Waals surface area contributed by atoms with Gasteiger partial charge in [0.15, 0.2) is 0 Å². The summed E-state index contributed by atoms with van der Waals surface area (Å²) in [6.45, 7) is 6.19. The predicted molar refractivity (Wildman–Crippen MR) is 81.3 cm³/mol. The van der Waals surface area contributed by atoms with E-state index in [4.69, 9.17) is 23.2 Å². The Morgan fingerprint density at radius 1 is 1.00 bits per heavy atom. The average molecular weight is 313 g/mol. The molecule has 0 N–H and O–H groups in total. The highest BCUT2D eigenvalue weighted by Crippen LogP contribution is 2.30. The lowest BCUT2D eigenvalue weighted by atomic mass is 9.96. The first-order chi connectivity index (χ1) is 8.84. The predicted octanol–water partition coefficient (Wildman–Crippen LogP) is 5.23. The number of benzene rings is 1. The Kier molecular flexibility index (Phi) is 4.39. The minimum Gasteiger partial charge on any atom is -0.226 e. The van der Waals surface area contributed by atoms with Crippen LogP contribution in [0.3, 0.4) is 0 Å². The molecule has 0 bridgehead atoms. The minimum atomic E-state index is -0.125. The monoisotopic (exact) mass is 312 g/mol. The smallest absolute Gasteiger partial charge is 0.136 e. The van der Waals surface area contributed by atoms with E-state index >= 15 is 0 Å². The zero-order valence-electron chi connectivity index (χ0n) is 10.9. The van der Waals surface area contributed by atoms with Gasteiger partial charge in [0.2, 0.25) is 0 Å². The van der Waals surface area contributed by atoms with Crippen LogP contribution in [0.2, 0.25) is 10.2 Å². The second kappa shape index (κ2) is 5.70. The number of hydrogen-bond donors (Lipinski definition) is 0. The van der Waals surface area contributed by atoms with Crippen molar-refractivity contribution in [1.29, 1.82) is 0 Å². The highest BCUT2D eigenvalue weighted by atomic mass is 35.5. The molecule has 2 rings (SSSR count). The zero-order valence-corrected chi connectivity index (χ0v) is 13.3. The van der Waals surface area contributed by atoms with Gasteiger partial charge in [0.1, 0.15) is 16.0 Å². The van der Waals surface area contributed by atoms with Gasteiger partial charge in [-0.05, 0) is 24.3 Å².